The van der Waals surface area contributed by atoms with Gasteiger partial charge in [-0.1, -0.05) is 23.7 Å². The van der Waals surface area contributed by atoms with Crippen LogP contribution in [-0.2, 0) is 16.1 Å². The van der Waals surface area contributed by atoms with Gasteiger partial charge >= 0.3 is 6.18 Å². The number of amides is 2. The molecule has 3 N–H and O–H groups in total. The van der Waals surface area contributed by atoms with Crippen molar-refractivity contribution in [1.29, 1.82) is 0 Å². The lowest BCUT2D eigenvalue weighted by Gasteiger charge is -2.35. The molecule has 1 unspecified atom stereocenters. The summed E-state index contributed by atoms with van der Waals surface area (Å²) in [5.74, 6) is -1.82. The largest absolute Gasteiger partial charge is 0.391 e. The van der Waals surface area contributed by atoms with Crippen LogP contribution in [0, 0.1) is 18.8 Å². The molecule has 2 aliphatic rings. The molecule has 2 aliphatic heterocycles. The van der Waals surface area contributed by atoms with Crippen molar-refractivity contribution in [2.75, 3.05) is 29.9 Å². The van der Waals surface area contributed by atoms with Crippen molar-refractivity contribution in [3.63, 3.8) is 0 Å². The molecule has 6 nitrogen and oxygen atoms in total. The van der Waals surface area contributed by atoms with E-state index < -0.39 is 12.1 Å². The third kappa shape index (κ3) is 6.01. The van der Waals surface area contributed by atoms with Gasteiger partial charge in [-0.3, -0.25) is 9.59 Å². The van der Waals surface area contributed by atoms with E-state index in [2.05, 4.69) is 16.0 Å². The zero-order valence-corrected chi connectivity index (χ0v) is 20.1. The van der Waals surface area contributed by atoms with Gasteiger partial charge < -0.3 is 20.9 Å². The van der Waals surface area contributed by atoms with Crippen LogP contribution in [0.25, 0.3) is 0 Å². The van der Waals surface area contributed by atoms with E-state index in [4.69, 9.17) is 11.6 Å². The Kier molecular flexibility index (Phi) is 7.44. The first-order chi connectivity index (χ1) is 16.6. The van der Waals surface area contributed by atoms with Gasteiger partial charge in [-0.15, -0.1) is 0 Å². The van der Waals surface area contributed by atoms with Crippen molar-refractivity contribution in [1.82, 2.24) is 10.6 Å². The molecular weight excluding hydrogens is 481 g/mol. The van der Waals surface area contributed by atoms with Crippen molar-refractivity contribution in [2.45, 2.75) is 38.9 Å². The molecule has 2 fully saturated rings. The number of benzene rings is 2. The Morgan fingerprint density at radius 1 is 1.14 bits per heavy atom. The van der Waals surface area contributed by atoms with Gasteiger partial charge in [0.1, 0.15) is 0 Å². The van der Waals surface area contributed by atoms with Crippen LogP contribution in [0.3, 0.4) is 0 Å². The van der Waals surface area contributed by atoms with Crippen LogP contribution in [0.1, 0.15) is 30.4 Å². The first-order valence-electron chi connectivity index (χ1n) is 11.6. The van der Waals surface area contributed by atoms with Gasteiger partial charge in [0.25, 0.3) is 0 Å². The van der Waals surface area contributed by atoms with E-state index in [0.29, 0.717) is 31.2 Å². The van der Waals surface area contributed by atoms with Crippen LogP contribution in [-0.4, -0.2) is 37.6 Å². The first-order valence-corrected chi connectivity index (χ1v) is 12.0. The molecule has 2 aromatic rings. The number of hydrogen-bond acceptors (Lipinski definition) is 4. The lowest BCUT2D eigenvalue weighted by molar-refractivity contribution is -0.179. The number of rotatable bonds is 6. The summed E-state index contributed by atoms with van der Waals surface area (Å²) in [6.45, 7) is 3.26. The summed E-state index contributed by atoms with van der Waals surface area (Å²) in [6.07, 6.45) is -3.78. The van der Waals surface area contributed by atoms with Gasteiger partial charge in [-0.2, -0.15) is 13.2 Å². The summed E-state index contributed by atoms with van der Waals surface area (Å²) in [5, 5.41) is 9.37. The third-order valence-corrected chi connectivity index (χ3v) is 7.19. The molecule has 2 saturated heterocycles. The van der Waals surface area contributed by atoms with Crippen molar-refractivity contribution < 1.29 is 22.8 Å². The average Bonchev–Trinajstić information content (AvgIpc) is 3.27. The maximum Gasteiger partial charge on any atom is 0.391 e. The molecule has 0 radical (unpaired) electrons. The molecular formula is C25H28ClF3N4O2. The molecule has 0 aromatic heterocycles. The zero-order valence-electron chi connectivity index (χ0n) is 19.3. The molecule has 0 aliphatic carbocycles. The zero-order chi connectivity index (χ0) is 25.2. The minimum Gasteiger partial charge on any atom is -0.370 e. The molecule has 35 heavy (non-hydrogen) atoms. The van der Waals surface area contributed by atoms with Crippen molar-refractivity contribution in [2.24, 2.45) is 11.8 Å². The summed E-state index contributed by atoms with van der Waals surface area (Å²) in [6, 6.07) is 11.3. The van der Waals surface area contributed by atoms with Gasteiger partial charge in [0.05, 0.1) is 22.5 Å². The Hall–Kier alpha value is -2.94. The monoisotopic (exact) mass is 508 g/mol. The Morgan fingerprint density at radius 3 is 2.43 bits per heavy atom. The van der Waals surface area contributed by atoms with E-state index >= 15 is 0 Å². The smallest absolute Gasteiger partial charge is 0.370 e. The summed E-state index contributed by atoms with van der Waals surface area (Å²) in [4.78, 5) is 25.3. The van der Waals surface area contributed by atoms with Gasteiger partial charge in [-0.05, 0) is 55.2 Å². The van der Waals surface area contributed by atoms with E-state index in [9.17, 15) is 22.8 Å². The molecule has 0 bridgehead atoms. The minimum absolute atomic E-state index is 0.0708. The lowest BCUT2D eigenvalue weighted by atomic mass is 9.95. The maximum atomic E-state index is 13.0. The standard InChI is InChI=1S/C25H28ClF3N4O2/c1-15-20(6-7-21(23(15)26)33-10-8-18(9-11-33)25(27,28)29)32-19-4-2-16(3-5-19)13-31-24(35)17-12-22(34)30-14-17/h2-7,17-18,32H,8-14H2,1H3,(H,30,34)(H,31,35). The molecule has 2 aromatic carbocycles. The highest BCUT2D eigenvalue weighted by atomic mass is 35.5. The summed E-state index contributed by atoms with van der Waals surface area (Å²) in [5.41, 5.74) is 4.14. The number of anilines is 3. The highest BCUT2D eigenvalue weighted by molar-refractivity contribution is 6.34. The first kappa shape index (κ1) is 25.2. The fraction of sp³-hybridized carbons (Fsp3) is 0.440. The fourth-order valence-electron chi connectivity index (χ4n) is 4.48. The molecule has 4 rings (SSSR count). The molecule has 0 saturated carbocycles. The van der Waals surface area contributed by atoms with Crippen LogP contribution >= 0.6 is 11.6 Å². The summed E-state index contributed by atoms with van der Waals surface area (Å²) >= 11 is 6.61. The van der Waals surface area contributed by atoms with Crippen LogP contribution in [0.4, 0.5) is 30.2 Å². The Balaban J connectivity index is 1.34. The van der Waals surface area contributed by atoms with Gasteiger partial charge in [0, 0.05) is 44.0 Å². The summed E-state index contributed by atoms with van der Waals surface area (Å²) < 4.78 is 38.9. The van der Waals surface area contributed by atoms with Crippen LogP contribution < -0.4 is 20.9 Å². The van der Waals surface area contributed by atoms with E-state index in [1.54, 1.807) is 0 Å². The molecule has 0 spiro atoms. The minimum atomic E-state index is -4.14. The number of carbonyl (C=O) groups excluding carboxylic acids is 2. The van der Waals surface area contributed by atoms with E-state index in [1.165, 1.54) is 0 Å². The van der Waals surface area contributed by atoms with E-state index in [-0.39, 0.29) is 37.0 Å². The Bertz CT molecular complexity index is 1080. The quantitative estimate of drug-likeness (QED) is 0.517. The number of piperidine rings is 1. The predicted octanol–water partition coefficient (Wildman–Crippen LogP) is 4.92. The second kappa shape index (κ2) is 10.4. The van der Waals surface area contributed by atoms with E-state index in [0.717, 1.165) is 28.2 Å². The molecule has 1 atom stereocenters. The van der Waals surface area contributed by atoms with Crippen LogP contribution in [0.15, 0.2) is 36.4 Å². The predicted molar refractivity (Wildman–Crippen MR) is 130 cm³/mol. The third-order valence-electron chi connectivity index (χ3n) is 6.71. The number of carbonyl (C=O) groups is 2. The number of halogens is 4. The van der Waals surface area contributed by atoms with Crippen molar-refractivity contribution in [3.05, 3.63) is 52.5 Å². The number of nitrogens with one attached hydrogen (secondary N) is 3. The topological polar surface area (TPSA) is 73.5 Å². The summed E-state index contributed by atoms with van der Waals surface area (Å²) in [7, 11) is 0. The van der Waals surface area contributed by atoms with Crippen molar-refractivity contribution in [3.8, 4) is 0 Å². The van der Waals surface area contributed by atoms with Crippen LogP contribution in [0.2, 0.25) is 5.02 Å². The van der Waals surface area contributed by atoms with Crippen LogP contribution in [0.5, 0.6) is 0 Å². The second-order valence-electron chi connectivity index (χ2n) is 9.12. The Morgan fingerprint density at radius 2 is 1.83 bits per heavy atom. The van der Waals surface area contributed by atoms with Gasteiger partial charge in [0.15, 0.2) is 0 Å². The lowest BCUT2D eigenvalue weighted by Crippen LogP contribution is -2.39. The SMILES string of the molecule is Cc1c(Nc2ccc(CNC(=O)C3CNC(=O)C3)cc2)ccc(N2CCC(C(F)(F)F)CC2)c1Cl. The highest BCUT2D eigenvalue weighted by Gasteiger charge is 2.41. The second-order valence-corrected chi connectivity index (χ2v) is 9.50. The number of hydrogen-bond donors (Lipinski definition) is 3. The number of alkyl halides is 3. The van der Waals surface area contributed by atoms with Crippen molar-refractivity contribution >= 4 is 40.5 Å². The fourth-order valence-corrected chi connectivity index (χ4v) is 4.77. The Labute approximate surface area is 207 Å². The van der Waals surface area contributed by atoms with E-state index in [1.807, 2.05) is 48.2 Å². The molecule has 2 amide bonds. The highest BCUT2D eigenvalue weighted by Crippen LogP contribution is 2.39. The number of nitrogens with zero attached hydrogens (tertiary/aromatic N) is 1. The molecule has 10 heteroatoms. The molecule has 188 valence electrons. The normalized spacial score (nSPS) is 18.9. The maximum absolute atomic E-state index is 13.0. The molecule has 2 heterocycles. The average molecular weight is 509 g/mol. The van der Waals surface area contributed by atoms with Gasteiger partial charge in [-0.25, -0.2) is 0 Å². The van der Waals surface area contributed by atoms with Gasteiger partial charge in [0.2, 0.25) is 11.8 Å².